The molecule has 148 valence electrons. The zero-order chi connectivity index (χ0) is 20.8. The van der Waals surface area contributed by atoms with Gasteiger partial charge in [0.1, 0.15) is 6.07 Å². The summed E-state index contributed by atoms with van der Waals surface area (Å²) in [5, 5.41) is 12.0. The Hall–Kier alpha value is -3.66. The maximum Gasteiger partial charge on any atom is 0.290 e. The minimum absolute atomic E-state index is 0.148. The highest BCUT2D eigenvalue weighted by Crippen LogP contribution is 2.19. The number of hydrogen-bond acceptors (Lipinski definition) is 4. The molecule has 1 aromatic carbocycles. The highest BCUT2D eigenvalue weighted by atomic mass is 16.2. The van der Waals surface area contributed by atoms with Crippen molar-refractivity contribution in [3.63, 3.8) is 0 Å². The van der Waals surface area contributed by atoms with Crippen LogP contribution in [0, 0.1) is 11.3 Å². The Bertz CT molecular complexity index is 1070. The van der Waals surface area contributed by atoms with Gasteiger partial charge in [-0.2, -0.15) is 5.26 Å². The minimum atomic E-state index is -0.465. The highest BCUT2D eigenvalue weighted by Gasteiger charge is 2.25. The van der Waals surface area contributed by atoms with Gasteiger partial charge in [-0.25, -0.2) is 4.98 Å². The van der Waals surface area contributed by atoms with Crippen LogP contribution in [-0.2, 0) is 0 Å². The Labute approximate surface area is 169 Å². The number of pyridine rings is 1. The predicted molar refractivity (Wildman–Crippen MR) is 111 cm³/mol. The molecule has 7 nitrogen and oxygen atoms in total. The summed E-state index contributed by atoms with van der Waals surface area (Å²) in [6, 6.07) is 14.1. The molecule has 3 rings (SSSR count). The van der Waals surface area contributed by atoms with Gasteiger partial charge in [0.25, 0.3) is 11.8 Å². The molecule has 0 bridgehead atoms. The molecule has 3 aromatic rings. The highest BCUT2D eigenvalue weighted by molar-refractivity contribution is 6.09. The Morgan fingerprint density at radius 3 is 2.48 bits per heavy atom. The topological polar surface area (TPSA) is 90.5 Å². The van der Waals surface area contributed by atoms with Crippen molar-refractivity contribution in [3.05, 3.63) is 65.7 Å². The van der Waals surface area contributed by atoms with Gasteiger partial charge >= 0.3 is 0 Å². The van der Waals surface area contributed by atoms with E-state index in [1.54, 1.807) is 58.0 Å². The van der Waals surface area contributed by atoms with Crippen LogP contribution in [0.2, 0.25) is 0 Å². The van der Waals surface area contributed by atoms with Crippen LogP contribution in [0.4, 0.5) is 5.69 Å². The smallest absolute Gasteiger partial charge is 0.290 e. The van der Waals surface area contributed by atoms with Crippen LogP contribution in [0.25, 0.3) is 5.52 Å². The van der Waals surface area contributed by atoms with Crippen molar-refractivity contribution in [2.45, 2.75) is 26.7 Å². The van der Waals surface area contributed by atoms with Gasteiger partial charge in [0.2, 0.25) is 5.82 Å². The fourth-order valence-electron chi connectivity index (χ4n) is 3.22. The SMILES string of the molecule is CCCN(CCC)C(=O)c1nc(C(=O)Nc2ccccc2C#N)c2ccccn12. The van der Waals surface area contributed by atoms with E-state index in [1.807, 2.05) is 13.8 Å². The van der Waals surface area contributed by atoms with Crippen LogP contribution in [-0.4, -0.2) is 39.2 Å². The molecule has 2 heterocycles. The Kier molecular flexibility index (Phi) is 6.25. The first-order valence-corrected chi connectivity index (χ1v) is 9.67. The quantitative estimate of drug-likeness (QED) is 0.667. The zero-order valence-electron chi connectivity index (χ0n) is 16.6. The molecule has 0 spiro atoms. The zero-order valence-corrected chi connectivity index (χ0v) is 16.6. The standard InChI is InChI=1S/C22H23N5O2/c1-3-12-26(13-4-2)22(29)20-25-19(18-11-7-8-14-27(18)20)21(28)24-17-10-6-5-9-16(17)15-23/h5-11,14H,3-4,12-13H2,1-2H3,(H,24,28). The lowest BCUT2D eigenvalue weighted by atomic mass is 10.2. The summed E-state index contributed by atoms with van der Waals surface area (Å²) in [6.45, 7) is 5.30. The molecule has 0 aliphatic rings. The molecule has 0 fully saturated rings. The van der Waals surface area contributed by atoms with Crippen molar-refractivity contribution in [1.82, 2.24) is 14.3 Å². The number of nitriles is 1. The molecule has 0 aliphatic carbocycles. The maximum absolute atomic E-state index is 13.1. The number of nitrogens with one attached hydrogen (secondary N) is 1. The molecular weight excluding hydrogens is 366 g/mol. The third-order valence-corrected chi connectivity index (χ3v) is 4.52. The number of carbonyl (C=O) groups is 2. The van der Waals surface area contributed by atoms with Crippen molar-refractivity contribution in [1.29, 1.82) is 5.26 Å². The van der Waals surface area contributed by atoms with E-state index in [-0.39, 0.29) is 17.4 Å². The van der Waals surface area contributed by atoms with Crippen LogP contribution < -0.4 is 5.32 Å². The van der Waals surface area contributed by atoms with Gasteiger partial charge in [-0.1, -0.05) is 32.0 Å². The summed E-state index contributed by atoms with van der Waals surface area (Å²) in [6.07, 6.45) is 3.41. The Morgan fingerprint density at radius 2 is 1.79 bits per heavy atom. The average Bonchev–Trinajstić information content (AvgIpc) is 3.13. The van der Waals surface area contributed by atoms with E-state index in [0.29, 0.717) is 29.9 Å². The van der Waals surface area contributed by atoms with E-state index in [9.17, 15) is 14.9 Å². The molecule has 0 radical (unpaired) electrons. The first-order chi connectivity index (χ1) is 14.1. The minimum Gasteiger partial charge on any atom is -0.336 e. The van der Waals surface area contributed by atoms with Crippen molar-refractivity contribution >= 4 is 23.0 Å². The number of benzene rings is 1. The van der Waals surface area contributed by atoms with Gasteiger partial charge in [-0.15, -0.1) is 0 Å². The fourth-order valence-corrected chi connectivity index (χ4v) is 3.22. The van der Waals surface area contributed by atoms with Crippen LogP contribution in [0.3, 0.4) is 0 Å². The first kappa shape index (κ1) is 20.1. The van der Waals surface area contributed by atoms with E-state index in [2.05, 4.69) is 16.4 Å². The number of hydrogen-bond donors (Lipinski definition) is 1. The number of aromatic nitrogens is 2. The number of anilines is 1. The largest absolute Gasteiger partial charge is 0.336 e. The normalized spacial score (nSPS) is 10.5. The third kappa shape index (κ3) is 4.11. The van der Waals surface area contributed by atoms with E-state index in [1.165, 1.54) is 0 Å². The molecular formula is C22H23N5O2. The van der Waals surface area contributed by atoms with Crippen LogP contribution in [0.5, 0.6) is 0 Å². The molecule has 0 aliphatic heterocycles. The summed E-state index contributed by atoms with van der Waals surface area (Å²) < 4.78 is 1.64. The molecule has 0 saturated heterocycles. The van der Waals surface area contributed by atoms with Crippen LogP contribution in [0.15, 0.2) is 48.7 Å². The van der Waals surface area contributed by atoms with Crippen molar-refractivity contribution in [2.75, 3.05) is 18.4 Å². The van der Waals surface area contributed by atoms with Crippen molar-refractivity contribution in [3.8, 4) is 6.07 Å². The number of para-hydroxylation sites is 1. The Morgan fingerprint density at radius 1 is 1.10 bits per heavy atom. The van der Waals surface area contributed by atoms with E-state index in [4.69, 9.17) is 0 Å². The van der Waals surface area contributed by atoms with E-state index in [0.717, 1.165) is 12.8 Å². The average molecular weight is 389 g/mol. The molecule has 2 amide bonds. The second-order valence-corrected chi connectivity index (χ2v) is 6.64. The van der Waals surface area contributed by atoms with Gasteiger partial charge < -0.3 is 10.2 Å². The second-order valence-electron chi connectivity index (χ2n) is 6.64. The number of rotatable bonds is 7. The van der Waals surface area contributed by atoms with E-state index >= 15 is 0 Å². The van der Waals surface area contributed by atoms with Gasteiger partial charge in [-0.3, -0.25) is 14.0 Å². The first-order valence-electron chi connectivity index (χ1n) is 9.67. The second kappa shape index (κ2) is 9.02. The molecule has 7 heteroatoms. The number of imidazole rings is 1. The number of carbonyl (C=O) groups excluding carboxylic acids is 2. The summed E-state index contributed by atoms with van der Waals surface area (Å²) in [5.41, 5.74) is 1.45. The summed E-state index contributed by atoms with van der Waals surface area (Å²) >= 11 is 0. The number of fused-ring (bicyclic) bond motifs is 1. The molecule has 29 heavy (non-hydrogen) atoms. The number of nitrogens with zero attached hydrogens (tertiary/aromatic N) is 4. The predicted octanol–water partition coefficient (Wildman–Crippen LogP) is 3.72. The third-order valence-electron chi connectivity index (χ3n) is 4.52. The lowest BCUT2D eigenvalue weighted by Gasteiger charge is -2.20. The lowest BCUT2D eigenvalue weighted by Crippen LogP contribution is -2.33. The number of amides is 2. The van der Waals surface area contributed by atoms with Gasteiger partial charge in [-0.05, 0) is 37.1 Å². The monoisotopic (exact) mass is 389 g/mol. The van der Waals surface area contributed by atoms with Gasteiger partial charge in [0, 0.05) is 19.3 Å². The molecule has 0 unspecified atom stereocenters. The Balaban J connectivity index is 2.00. The van der Waals surface area contributed by atoms with Crippen LogP contribution >= 0.6 is 0 Å². The van der Waals surface area contributed by atoms with Crippen molar-refractivity contribution in [2.24, 2.45) is 0 Å². The molecule has 0 saturated carbocycles. The fraction of sp³-hybridized carbons (Fsp3) is 0.273. The van der Waals surface area contributed by atoms with Crippen molar-refractivity contribution < 1.29 is 9.59 Å². The van der Waals surface area contributed by atoms with Gasteiger partial charge in [0.05, 0.1) is 16.8 Å². The summed E-state index contributed by atoms with van der Waals surface area (Å²) in [7, 11) is 0. The summed E-state index contributed by atoms with van der Waals surface area (Å²) in [4.78, 5) is 32.2. The summed E-state index contributed by atoms with van der Waals surface area (Å²) in [5.74, 6) is -0.458. The van der Waals surface area contributed by atoms with E-state index < -0.39 is 5.91 Å². The maximum atomic E-state index is 13.1. The van der Waals surface area contributed by atoms with Crippen LogP contribution in [0.1, 0.15) is 53.4 Å². The lowest BCUT2D eigenvalue weighted by molar-refractivity contribution is 0.0742. The van der Waals surface area contributed by atoms with Gasteiger partial charge in [0.15, 0.2) is 5.69 Å². The molecule has 1 N–H and O–H groups in total. The molecule has 0 atom stereocenters. The molecule has 2 aromatic heterocycles.